The molecule has 0 aliphatic carbocycles. The summed E-state index contributed by atoms with van der Waals surface area (Å²) in [5, 5.41) is 12.3. The standard InChI is InChI=1S/C14H13NO2/c1-10-7-8-12(13(16)9-10)15-14(17)11-5-3-2-4-6-11/h2-9,16H,1H3,(H,15,17). The van der Waals surface area contributed by atoms with Gasteiger partial charge in [0, 0.05) is 5.56 Å². The Bertz CT molecular complexity index is 535. The molecule has 2 N–H and O–H groups in total. The highest BCUT2D eigenvalue weighted by atomic mass is 16.3. The molecule has 17 heavy (non-hydrogen) atoms. The molecule has 86 valence electrons. The molecule has 1 amide bonds. The minimum absolute atomic E-state index is 0.0780. The Morgan fingerprint density at radius 1 is 1.12 bits per heavy atom. The molecule has 0 saturated carbocycles. The number of phenolic OH excluding ortho intramolecular Hbond substituents is 1. The first-order valence-electron chi connectivity index (χ1n) is 5.33. The van der Waals surface area contributed by atoms with E-state index in [4.69, 9.17) is 0 Å². The van der Waals surface area contributed by atoms with Crippen molar-refractivity contribution in [2.45, 2.75) is 6.92 Å². The Hall–Kier alpha value is -2.29. The van der Waals surface area contributed by atoms with E-state index < -0.39 is 0 Å². The molecule has 2 aromatic rings. The van der Waals surface area contributed by atoms with Gasteiger partial charge >= 0.3 is 0 Å². The lowest BCUT2D eigenvalue weighted by Gasteiger charge is -2.07. The molecule has 2 rings (SSSR count). The molecule has 0 fully saturated rings. The summed E-state index contributed by atoms with van der Waals surface area (Å²) < 4.78 is 0. The monoisotopic (exact) mass is 227 g/mol. The van der Waals surface area contributed by atoms with Gasteiger partial charge in [-0.15, -0.1) is 0 Å². The Kier molecular flexibility index (Phi) is 3.10. The fraction of sp³-hybridized carbons (Fsp3) is 0.0714. The van der Waals surface area contributed by atoms with Crippen LogP contribution >= 0.6 is 0 Å². The molecule has 3 nitrogen and oxygen atoms in total. The summed E-state index contributed by atoms with van der Waals surface area (Å²) in [6.07, 6.45) is 0. The number of rotatable bonds is 2. The zero-order valence-electron chi connectivity index (χ0n) is 9.47. The molecule has 0 aliphatic rings. The Balaban J connectivity index is 2.19. The second-order valence-electron chi connectivity index (χ2n) is 3.84. The van der Waals surface area contributed by atoms with Crippen molar-refractivity contribution in [1.82, 2.24) is 0 Å². The maximum Gasteiger partial charge on any atom is 0.255 e. The molecule has 0 unspecified atom stereocenters. The quantitative estimate of drug-likeness (QED) is 0.775. The largest absolute Gasteiger partial charge is 0.506 e. The van der Waals surface area contributed by atoms with E-state index in [1.807, 2.05) is 19.1 Å². The summed E-state index contributed by atoms with van der Waals surface area (Å²) in [6, 6.07) is 14.0. The molecule has 0 spiro atoms. The molecule has 0 heterocycles. The zero-order chi connectivity index (χ0) is 12.3. The number of hydrogen-bond donors (Lipinski definition) is 2. The van der Waals surface area contributed by atoms with Gasteiger partial charge in [0.25, 0.3) is 5.91 Å². The summed E-state index contributed by atoms with van der Waals surface area (Å²) >= 11 is 0. The molecule has 0 radical (unpaired) electrons. The predicted molar refractivity (Wildman–Crippen MR) is 67.2 cm³/mol. The molecule has 0 atom stereocenters. The van der Waals surface area contributed by atoms with E-state index in [0.717, 1.165) is 5.56 Å². The van der Waals surface area contributed by atoms with E-state index in [1.54, 1.807) is 36.4 Å². The highest BCUT2D eigenvalue weighted by Gasteiger charge is 2.07. The number of hydrogen-bond acceptors (Lipinski definition) is 2. The number of aryl methyl sites for hydroxylation is 1. The highest BCUT2D eigenvalue weighted by molar-refractivity contribution is 6.04. The Morgan fingerprint density at radius 3 is 2.47 bits per heavy atom. The second-order valence-corrected chi connectivity index (χ2v) is 3.84. The van der Waals surface area contributed by atoms with Crippen LogP contribution in [0.1, 0.15) is 15.9 Å². The summed E-state index contributed by atoms with van der Waals surface area (Å²) in [7, 11) is 0. The summed E-state index contributed by atoms with van der Waals surface area (Å²) in [5.41, 5.74) is 1.93. The lowest BCUT2D eigenvalue weighted by atomic mass is 10.2. The van der Waals surface area contributed by atoms with Crippen LogP contribution in [0.3, 0.4) is 0 Å². The van der Waals surface area contributed by atoms with Crippen molar-refractivity contribution < 1.29 is 9.90 Å². The topological polar surface area (TPSA) is 49.3 Å². The van der Waals surface area contributed by atoms with Crippen LogP contribution in [-0.4, -0.2) is 11.0 Å². The summed E-state index contributed by atoms with van der Waals surface area (Å²) in [5.74, 6) is -0.154. The molecule has 2 aromatic carbocycles. The Morgan fingerprint density at radius 2 is 1.82 bits per heavy atom. The number of anilines is 1. The average Bonchev–Trinajstić information content (AvgIpc) is 2.34. The van der Waals surface area contributed by atoms with Gasteiger partial charge in [0.1, 0.15) is 5.75 Å². The number of carbonyl (C=O) groups is 1. The van der Waals surface area contributed by atoms with E-state index >= 15 is 0 Å². The first-order chi connectivity index (χ1) is 8.16. The fourth-order valence-corrected chi connectivity index (χ4v) is 1.53. The van der Waals surface area contributed by atoms with Crippen molar-refractivity contribution in [3.8, 4) is 5.75 Å². The lowest BCUT2D eigenvalue weighted by Crippen LogP contribution is -2.11. The van der Waals surface area contributed by atoms with Crippen molar-refractivity contribution in [3.05, 3.63) is 59.7 Å². The van der Waals surface area contributed by atoms with Crippen LogP contribution in [0.5, 0.6) is 5.75 Å². The van der Waals surface area contributed by atoms with Crippen molar-refractivity contribution in [1.29, 1.82) is 0 Å². The van der Waals surface area contributed by atoms with Gasteiger partial charge in [0.05, 0.1) is 5.69 Å². The molecule has 0 aliphatic heterocycles. The molecular weight excluding hydrogens is 214 g/mol. The van der Waals surface area contributed by atoms with Crippen molar-refractivity contribution in [2.75, 3.05) is 5.32 Å². The minimum Gasteiger partial charge on any atom is -0.506 e. The second kappa shape index (κ2) is 4.70. The first kappa shape index (κ1) is 11.2. The van der Waals surface area contributed by atoms with Gasteiger partial charge in [0.2, 0.25) is 0 Å². The van der Waals surface area contributed by atoms with Gasteiger partial charge < -0.3 is 10.4 Å². The predicted octanol–water partition coefficient (Wildman–Crippen LogP) is 2.95. The van der Waals surface area contributed by atoms with Crippen molar-refractivity contribution in [3.63, 3.8) is 0 Å². The van der Waals surface area contributed by atoms with E-state index in [-0.39, 0.29) is 11.7 Å². The SMILES string of the molecule is Cc1ccc(NC(=O)c2ccccc2)c(O)c1. The number of amides is 1. The van der Waals surface area contributed by atoms with Gasteiger partial charge in [-0.2, -0.15) is 0 Å². The van der Waals surface area contributed by atoms with Crippen LogP contribution in [0.25, 0.3) is 0 Å². The van der Waals surface area contributed by atoms with Crippen LogP contribution in [0.15, 0.2) is 48.5 Å². The number of aromatic hydroxyl groups is 1. The van der Waals surface area contributed by atoms with E-state index in [1.165, 1.54) is 0 Å². The van der Waals surface area contributed by atoms with E-state index in [9.17, 15) is 9.90 Å². The maximum absolute atomic E-state index is 11.8. The lowest BCUT2D eigenvalue weighted by molar-refractivity contribution is 0.102. The molecule has 0 aromatic heterocycles. The van der Waals surface area contributed by atoms with Gasteiger partial charge in [-0.1, -0.05) is 24.3 Å². The maximum atomic E-state index is 11.8. The number of carbonyl (C=O) groups excluding carboxylic acids is 1. The van der Waals surface area contributed by atoms with Crippen LogP contribution in [-0.2, 0) is 0 Å². The first-order valence-corrected chi connectivity index (χ1v) is 5.33. The third kappa shape index (κ3) is 2.64. The molecular formula is C14H13NO2. The van der Waals surface area contributed by atoms with Crippen molar-refractivity contribution >= 4 is 11.6 Å². The summed E-state index contributed by atoms with van der Waals surface area (Å²) in [4.78, 5) is 11.8. The molecule has 0 saturated heterocycles. The summed E-state index contributed by atoms with van der Waals surface area (Å²) in [6.45, 7) is 1.88. The van der Waals surface area contributed by atoms with Gasteiger partial charge in [-0.3, -0.25) is 4.79 Å². The smallest absolute Gasteiger partial charge is 0.255 e. The third-order valence-electron chi connectivity index (χ3n) is 2.44. The van der Waals surface area contributed by atoms with Crippen LogP contribution in [0.2, 0.25) is 0 Å². The number of benzene rings is 2. The normalized spacial score (nSPS) is 9.94. The number of phenols is 1. The average molecular weight is 227 g/mol. The van der Waals surface area contributed by atoms with Gasteiger partial charge in [-0.05, 0) is 36.8 Å². The molecule has 3 heteroatoms. The van der Waals surface area contributed by atoms with Gasteiger partial charge in [-0.25, -0.2) is 0 Å². The highest BCUT2D eigenvalue weighted by Crippen LogP contribution is 2.24. The Labute approximate surface area is 99.7 Å². The van der Waals surface area contributed by atoms with E-state index in [2.05, 4.69) is 5.32 Å². The van der Waals surface area contributed by atoms with E-state index in [0.29, 0.717) is 11.3 Å². The van der Waals surface area contributed by atoms with Crippen molar-refractivity contribution in [2.24, 2.45) is 0 Å². The van der Waals surface area contributed by atoms with Gasteiger partial charge in [0.15, 0.2) is 0 Å². The molecule has 0 bridgehead atoms. The zero-order valence-corrected chi connectivity index (χ0v) is 9.47. The third-order valence-corrected chi connectivity index (χ3v) is 2.44. The van der Waals surface area contributed by atoms with Crippen LogP contribution in [0.4, 0.5) is 5.69 Å². The number of nitrogens with one attached hydrogen (secondary N) is 1. The van der Waals surface area contributed by atoms with Crippen LogP contribution < -0.4 is 5.32 Å². The van der Waals surface area contributed by atoms with Crippen LogP contribution in [0, 0.1) is 6.92 Å². The minimum atomic E-state index is -0.232. The fourth-order valence-electron chi connectivity index (χ4n) is 1.53.